The van der Waals surface area contributed by atoms with Gasteiger partial charge in [0.25, 0.3) is 0 Å². The summed E-state index contributed by atoms with van der Waals surface area (Å²) in [5.41, 5.74) is 0.407. The SMILES string of the molecule is C=C(C)C(=O)OC(C)CCN1CCCC1=O. The molecular weight excluding hydrogens is 206 g/mol. The largest absolute Gasteiger partial charge is 0.459 e. The molecule has 0 bridgehead atoms. The topological polar surface area (TPSA) is 46.6 Å². The molecule has 16 heavy (non-hydrogen) atoms. The van der Waals surface area contributed by atoms with Gasteiger partial charge in [0.2, 0.25) is 5.91 Å². The Morgan fingerprint density at radius 3 is 2.81 bits per heavy atom. The Hall–Kier alpha value is -1.32. The van der Waals surface area contributed by atoms with Gasteiger partial charge in [-0.3, -0.25) is 4.79 Å². The Labute approximate surface area is 96.3 Å². The van der Waals surface area contributed by atoms with Gasteiger partial charge in [-0.05, 0) is 20.3 Å². The van der Waals surface area contributed by atoms with Gasteiger partial charge in [0.05, 0.1) is 0 Å². The van der Waals surface area contributed by atoms with Gasteiger partial charge < -0.3 is 9.64 Å². The Morgan fingerprint density at radius 1 is 1.62 bits per heavy atom. The normalized spacial score (nSPS) is 17.4. The Kier molecular flexibility index (Phi) is 4.52. The number of hydrogen-bond acceptors (Lipinski definition) is 3. The molecule has 0 radical (unpaired) electrons. The fourth-order valence-corrected chi connectivity index (χ4v) is 1.62. The summed E-state index contributed by atoms with van der Waals surface area (Å²) in [6.07, 6.45) is 2.11. The second kappa shape index (κ2) is 5.68. The maximum absolute atomic E-state index is 11.3. The van der Waals surface area contributed by atoms with E-state index in [1.807, 2.05) is 11.8 Å². The number of likely N-dealkylation sites (tertiary alicyclic amines) is 1. The first-order valence-electron chi connectivity index (χ1n) is 5.65. The van der Waals surface area contributed by atoms with Crippen molar-refractivity contribution in [2.45, 2.75) is 39.2 Å². The van der Waals surface area contributed by atoms with E-state index in [0.29, 0.717) is 25.0 Å². The van der Waals surface area contributed by atoms with Crippen LogP contribution in [0.4, 0.5) is 0 Å². The van der Waals surface area contributed by atoms with Crippen molar-refractivity contribution in [3.8, 4) is 0 Å². The summed E-state index contributed by atoms with van der Waals surface area (Å²) >= 11 is 0. The molecule has 1 aliphatic heterocycles. The van der Waals surface area contributed by atoms with Gasteiger partial charge >= 0.3 is 5.97 Å². The number of rotatable bonds is 5. The van der Waals surface area contributed by atoms with Gasteiger partial charge in [-0.1, -0.05) is 6.58 Å². The molecule has 1 unspecified atom stereocenters. The van der Waals surface area contributed by atoms with E-state index >= 15 is 0 Å². The molecule has 90 valence electrons. The third-order valence-corrected chi connectivity index (χ3v) is 2.63. The molecule has 1 rings (SSSR count). The number of amides is 1. The molecule has 4 heteroatoms. The summed E-state index contributed by atoms with van der Waals surface area (Å²) in [5, 5.41) is 0. The van der Waals surface area contributed by atoms with E-state index < -0.39 is 0 Å². The number of hydrogen-bond donors (Lipinski definition) is 0. The lowest BCUT2D eigenvalue weighted by Gasteiger charge is -2.19. The maximum Gasteiger partial charge on any atom is 0.333 e. The average Bonchev–Trinajstić information content (AvgIpc) is 2.61. The average molecular weight is 225 g/mol. The molecule has 1 saturated heterocycles. The lowest BCUT2D eigenvalue weighted by Crippen LogP contribution is -2.29. The van der Waals surface area contributed by atoms with Crippen molar-refractivity contribution in [1.29, 1.82) is 0 Å². The Morgan fingerprint density at radius 2 is 2.31 bits per heavy atom. The van der Waals surface area contributed by atoms with Crippen LogP contribution in [-0.2, 0) is 14.3 Å². The smallest absolute Gasteiger partial charge is 0.333 e. The summed E-state index contributed by atoms with van der Waals surface area (Å²) in [6.45, 7) is 8.48. The third-order valence-electron chi connectivity index (χ3n) is 2.63. The van der Waals surface area contributed by atoms with Gasteiger partial charge in [0.1, 0.15) is 6.10 Å². The third kappa shape index (κ3) is 3.68. The van der Waals surface area contributed by atoms with Crippen LogP contribution in [0.1, 0.15) is 33.1 Å². The number of carbonyl (C=O) groups is 2. The van der Waals surface area contributed by atoms with Crippen molar-refractivity contribution < 1.29 is 14.3 Å². The van der Waals surface area contributed by atoms with Gasteiger partial charge in [-0.25, -0.2) is 4.79 Å². The number of esters is 1. The molecule has 0 aromatic carbocycles. The van der Waals surface area contributed by atoms with Crippen molar-refractivity contribution >= 4 is 11.9 Å². The van der Waals surface area contributed by atoms with E-state index in [-0.39, 0.29) is 18.0 Å². The minimum absolute atomic E-state index is 0.169. The predicted molar refractivity (Wildman–Crippen MR) is 60.8 cm³/mol. The zero-order valence-electron chi connectivity index (χ0n) is 9.99. The summed E-state index contributed by atoms with van der Waals surface area (Å²) in [4.78, 5) is 24.4. The molecule has 0 aliphatic carbocycles. The lowest BCUT2D eigenvalue weighted by atomic mass is 10.2. The summed E-state index contributed by atoms with van der Waals surface area (Å²) in [5.74, 6) is -0.154. The van der Waals surface area contributed by atoms with Crippen molar-refractivity contribution in [2.24, 2.45) is 0 Å². The first kappa shape index (κ1) is 12.7. The fourth-order valence-electron chi connectivity index (χ4n) is 1.62. The predicted octanol–water partition coefficient (Wildman–Crippen LogP) is 1.51. The van der Waals surface area contributed by atoms with Crippen LogP contribution in [0.3, 0.4) is 0 Å². The molecule has 0 N–H and O–H groups in total. The molecule has 1 fully saturated rings. The van der Waals surface area contributed by atoms with Crippen LogP contribution in [0.15, 0.2) is 12.2 Å². The number of nitrogens with zero attached hydrogens (tertiary/aromatic N) is 1. The Balaban J connectivity index is 2.24. The standard InChI is InChI=1S/C12H19NO3/c1-9(2)12(15)16-10(3)6-8-13-7-4-5-11(13)14/h10H,1,4-8H2,2-3H3. The Bertz CT molecular complexity index is 299. The first-order chi connectivity index (χ1) is 7.50. The van der Waals surface area contributed by atoms with Crippen LogP contribution in [0, 0.1) is 0 Å². The lowest BCUT2D eigenvalue weighted by molar-refractivity contribution is -0.143. The van der Waals surface area contributed by atoms with E-state index in [1.165, 1.54) is 0 Å². The van der Waals surface area contributed by atoms with E-state index in [0.717, 1.165) is 13.0 Å². The fraction of sp³-hybridized carbons (Fsp3) is 0.667. The first-order valence-corrected chi connectivity index (χ1v) is 5.65. The minimum atomic E-state index is -0.361. The van der Waals surface area contributed by atoms with E-state index in [4.69, 9.17) is 4.74 Å². The number of carbonyl (C=O) groups excluding carboxylic acids is 2. The van der Waals surface area contributed by atoms with Crippen LogP contribution in [0.5, 0.6) is 0 Å². The highest BCUT2D eigenvalue weighted by molar-refractivity contribution is 5.87. The maximum atomic E-state index is 11.3. The van der Waals surface area contributed by atoms with Crippen molar-refractivity contribution in [2.75, 3.05) is 13.1 Å². The second-order valence-corrected chi connectivity index (χ2v) is 4.27. The van der Waals surface area contributed by atoms with Crippen molar-refractivity contribution in [1.82, 2.24) is 4.90 Å². The number of ether oxygens (including phenoxy) is 1. The highest BCUT2D eigenvalue weighted by Crippen LogP contribution is 2.11. The zero-order chi connectivity index (χ0) is 12.1. The molecule has 0 spiro atoms. The highest BCUT2D eigenvalue weighted by Gasteiger charge is 2.20. The molecule has 1 aliphatic rings. The highest BCUT2D eigenvalue weighted by atomic mass is 16.5. The molecule has 1 amide bonds. The molecule has 4 nitrogen and oxygen atoms in total. The molecule has 1 atom stereocenters. The second-order valence-electron chi connectivity index (χ2n) is 4.27. The van der Waals surface area contributed by atoms with Crippen LogP contribution in [-0.4, -0.2) is 36.0 Å². The van der Waals surface area contributed by atoms with Crippen LogP contribution in [0.2, 0.25) is 0 Å². The molecule has 0 aromatic heterocycles. The van der Waals surface area contributed by atoms with Crippen LogP contribution >= 0.6 is 0 Å². The summed E-state index contributed by atoms with van der Waals surface area (Å²) < 4.78 is 5.13. The minimum Gasteiger partial charge on any atom is -0.459 e. The van der Waals surface area contributed by atoms with Crippen LogP contribution in [0.25, 0.3) is 0 Å². The van der Waals surface area contributed by atoms with Crippen molar-refractivity contribution in [3.63, 3.8) is 0 Å². The molecule has 0 aromatic rings. The van der Waals surface area contributed by atoms with Gasteiger partial charge in [0, 0.05) is 31.5 Å². The molecule has 1 heterocycles. The van der Waals surface area contributed by atoms with Crippen molar-refractivity contribution in [3.05, 3.63) is 12.2 Å². The molecule has 0 saturated carbocycles. The summed E-state index contributed by atoms with van der Waals surface area (Å²) in [6, 6.07) is 0. The van der Waals surface area contributed by atoms with Crippen LogP contribution < -0.4 is 0 Å². The van der Waals surface area contributed by atoms with Gasteiger partial charge in [0.15, 0.2) is 0 Å². The molecular formula is C12H19NO3. The van der Waals surface area contributed by atoms with E-state index in [1.54, 1.807) is 6.92 Å². The van der Waals surface area contributed by atoms with Gasteiger partial charge in [-0.2, -0.15) is 0 Å². The zero-order valence-corrected chi connectivity index (χ0v) is 9.99. The van der Waals surface area contributed by atoms with E-state index in [9.17, 15) is 9.59 Å². The van der Waals surface area contributed by atoms with E-state index in [2.05, 4.69) is 6.58 Å². The van der Waals surface area contributed by atoms with Gasteiger partial charge in [-0.15, -0.1) is 0 Å². The quantitative estimate of drug-likeness (QED) is 0.526. The monoisotopic (exact) mass is 225 g/mol. The summed E-state index contributed by atoms with van der Waals surface area (Å²) in [7, 11) is 0.